The molecule has 0 atom stereocenters. The van der Waals surface area contributed by atoms with E-state index in [9.17, 15) is 9.59 Å². The van der Waals surface area contributed by atoms with Crippen molar-refractivity contribution in [1.82, 2.24) is 10.3 Å². The minimum atomic E-state index is -0.692. The Morgan fingerprint density at radius 1 is 1.08 bits per heavy atom. The predicted molar refractivity (Wildman–Crippen MR) is 96.7 cm³/mol. The number of carbonyl (C=O) groups is 2. The van der Waals surface area contributed by atoms with Crippen LogP contribution >= 0.6 is 0 Å². The molecule has 0 fully saturated rings. The molecule has 0 bridgehead atoms. The maximum Gasteiger partial charge on any atom is 0.338 e. The van der Waals surface area contributed by atoms with Crippen LogP contribution in [0.4, 0.5) is 0 Å². The van der Waals surface area contributed by atoms with Crippen LogP contribution in [0.2, 0.25) is 0 Å². The third-order valence-corrected chi connectivity index (χ3v) is 3.84. The second-order valence-electron chi connectivity index (χ2n) is 6.92. The van der Waals surface area contributed by atoms with Crippen LogP contribution in [0.15, 0.2) is 36.7 Å². The van der Waals surface area contributed by atoms with E-state index < -0.39 is 5.54 Å². The third-order valence-electron chi connectivity index (χ3n) is 3.84. The summed E-state index contributed by atoms with van der Waals surface area (Å²) < 4.78 is 5.47. The van der Waals surface area contributed by atoms with E-state index in [-0.39, 0.29) is 18.5 Å². The summed E-state index contributed by atoms with van der Waals surface area (Å²) in [7, 11) is 0. The van der Waals surface area contributed by atoms with E-state index >= 15 is 0 Å². The van der Waals surface area contributed by atoms with Crippen molar-refractivity contribution in [3.8, 4) is 0 Å². The monoisotopic (exact) mass is 340 g/mol. The molecule has 5 nitrogen and oxygen atoms in total. The van der Waals surface area contributed by atoms with E-state index in [1.807, 2.05) is 46.8 Å². The summed E-state index contributed by atoms with van der Waals surface area (Å²) in [5.74, 6) is -0.604. The van der Waals surface area contributed by atoms with Crippen molar-refractivity contribution in [2.75, 3.05) is 6.61 Å². The summed E-state index contributed by atoms with van der Waals surface area (Å²) in [4.78, 5) is 28.6. The van der Waals surface area contributed by atoms with Gasteiger partial charge in [0.15, 0.2) is 0 Å². The number of hydrogen-bond donors (Lipinski definition) is 1. The minimum Gasteiger partial charge on any atom is -0.460 e. The van der Waals surface area contributed by atoms with Crippen LogP contribution in [0, 0.1) is 20.8 Å². The quantitative estimate of drug-likeness (QED) is 0.847. The van der Waals surface area contributed by atoms with Crippen molar-refractivity contribution >= 4 is 11.9 Å². The highest BCUT2D eigenvalue weighted by Crippen LogP contribution is 2.18. The van der Waals surface area contributed by atoms with Crippen LogP contribution in [-0.2, 0) is 4.74 Å². The Morgan fingerprint density at radius 2 is 1.64 bits per heavy atom. The first-order chi connectivity index (χ1) is 11.7. The molecule has 1 heterocycles. The number of amides is 1. The van der Waals surface area contributed by atoms with Gasteiger partial charge in [0.25, 0.3) is 5.91 Å². The van der Waals surface area contributed by atoms with Gasteiger partial charge in [-0.3, -0.25) is 9.78 Å². The van der Waals surface area contributed by atoms with Crippen LogP contribution in [0.5, 0.6) is 0 Å². The minimum absolute atomic E-state index is 0.0788. The highest BCUT2D eigenvalue weighted by Gasteiger charge is 2.24. The van der Waals surface area contributed by atoms with Crippen molar-refractivity contribution in [3.63, 3.8) is 0 Å². The second-order valence-corrected chi connectivity index (χ2v) is 6.92. The highest BCUT2D eigenvalue weighted by atomic mass is 16.5. The molecule has 132 valence electrons. The molecular weight excluding hydrogens is 316 g/mol. The fraction of sp³-hybridized carbons (Fsp3) is 0.350. The van der Waals surface area contributed by atoms with Crippen LogP contribution in [-0.4, -0.2) is 29.0 Å². The number of carbonyl (C=O) groups excluding carboxylic acids is 2. The molecule has 0 aliphatic carbocycles. The van der Waals surface area contributed by atoms with Crippen LogP contribution in [0.3, 0.4) is 0 Å². The molecule has 1 aromatic carbocycles. The normalized spacial score (nSPS) is 11.1. The lowest BCUT2D eigenvalue weighted by atomic mass is 10.00. The van der Waals surface area contributed by atoms with Gasteiger partial charge < -0.3 is 10.1 Å². The molecule has 0 spiro atoms. The number of aromatic nitrogens is 1. The molecule has 2 rings (SSSR count). The van der Waals surface area contributed by atoms with Crippen molar-refractivity contribution in [2.45, 2.75) is 40.2 Å². The third kappa shape index (κ3) is 4.89. The van der Waals surface area contributed by atoms with Crippen molar-refractivity contribution in [3.05, 3.63) is 64.5 Å². The summed E-state index contributed by atoms with van der Waals surface area (Å²) in [5, 5.41) is 2.87. The van der Waals surface area contributed by atoms with Crippen LogP contribution < -0.4 is 5.32 Å². The standard InChI is InChI=1S/C20H24N2O3/c1-13-10-14(2)17(15(3)11-13)19(24)25-12-20(4,5)22-18(23)16-6-8-21-9-7-16/h6-11H,12H2,1-5H3,(H,22,23). The average Bonchev–Trinajstić information content (AvgIpc) is 2.52. The number of hydrogen-bond acceptors (Lipinski definition) is 4. The molecular formula is C20H24N2O3. The van der Waals surface area contributed by atoms with E-state index in [0.29, 0.717) is 11.1 Å². The van der Waals surface area contributed by atoms with Gasteiger partial charge in [-0.1, -0.05) is 17.7 Å². The van der Waals surface area contributed by atoms with Gasteiger partial charge in [-0.2, -0.15) is 0 Å². The zero-order valence-corrected chi connectivity index (χ0v) is 15.3. The van der Waals surface area contributed by atoms with Gasteiger partial charge in [0.1, 0.15) is 6.61 Å². The van der Waals surface area contributed by atoms with Crippen LogP contribution in [0.1, 0.15) is 51.3 Å². The smallest absolute Gasteiger partial charge is 0.338 e. The van der Waals surface area contributed by atoms with Crippen LogP contribution in [0.25, 0.3) is 0 Å². The average molecular weight is 340 g/mol. The van der Waals surface area contributed by atoms with Gasteiger partial charge >= 0.3 is 5.97 Å². The van der Waals surface area contributed by atoms with Crippen molar-refractivity contribution in [2.24, 2.45) is 0 Å². The molecule has 1 amide bonds. The van der Waals surface area contributed by atoms with Crippen molar-refractivity contribution < 1.29 is 14.3 Å². The zero-order chi connectivity index (χ0) is 18.6. The second kappa shape index (κ2) is 7.47. The Kier molecular flexibility index (Phi) is 5.57. The summed E-state index contributed by atoms with van der Waals surface area (Å²) >= 11 is 0. The SMILES string of the molecule is Cc1cc(C)c(C(=O)OCC(C)(C)NC(=O)c2ccncc2)c(C)c1. The van der Waals surface area contributed by atoms with Gasteiger partial charge in [-0.25, -0.2) is 4.79 Å². The molecule has 1 aromatic heterocycles. The molecule has 2 aromatic rings. The molecule has 0 aliphatic heterocycles. The number of pyridine rings is 1. The maximum absolute atomic E-state index is 12.5. The highest BCUT2D eigenvalue weighted by molar-refractivity contribution is 5.95. The molecule has 25 heavy (non-hydrogen) atoms. The molecule has 0 saturated heterocycles. The number of ether oxygens (including phenoxy) is 1. The zero-order valence-electron chi connectivity index (χ0n) is 15.3. The molecule has 0 aliphatic rings. The van der Waals surface area contributed by atoms with E-state index in [1.54, 1.807) is 24.5 Å². The largest absolute Gasteiger partial charge is 0.460 e. The summed E-state index contributed by atoms with van der Waals surface area (Å²) in [6.45, 7) is 9.49. The van der Waals surface area contributed by atoms with Gasteiger partial charge in [-0.05, 0) is 57.9 Å². The van der Waals surface area contributed by atoms with Crippen molar-refractivity contribution in [1.29, 1.82) is 0 Å². The number of nitrogens with zero attached hydrogens (tertiary/aromatic N) is 1. The van der Waals surface area contributed by atoms with E-state index in [2.05, 4.69) is 10.3 Å². The van der Waals surface area contributed by atoms with E-state index in [4.69, 9.17) is 4.74 Å². The molecule has 0 radical (unpaired) electrons. The first kappa shape index (κ1) is 18.6. The number of benzene rings is 1. The topological polar surface area (TPSA) is 68.3 Å². The maximum atomic E-state index is 12.5. The Hall–Kier alpha value is -2.69. The predicted octanol–water partition coefficient (Wildman–Crippen LogP) is 3.37. The first-order valence-electron chi connectivity index (χ1n) is 8.17. The van der Waals surface area contributed by atoms with Gasteiger partial charge in [0.2, 0.25) is 0 Å². The lowest BCUT2D eigenvalue weighted by Crippen LogP contribution is -2.47. The summed E-state index contributed by atoms with van der Waals surface area (Å²) in [6, 6.07) is 7.19. The Balaban J connectivity index is 2.02. The molecule has 0 saturated carbocycles. The molecule has 0 unspecified atom stereocenters. The number of rotatable bonds is 5. The number of nitrogens with one attached hydrogen (secondary N) is 1. The Labute approximate surface area is 148 Å². The summed E-state index contributed by atoms with van der Waals surface area (Å²) in [5.41, 5.74) is 3.29. The lowest BCUT2D eigenvalue weighted by molar-refractivity contribution is 0.0388. The van der Waals surface area contributed by atoms with Gasteiger partial charge in [0, 0.05) is 18.0 Å². The molecule has 1 N–H and O–H groups in total. The summed E-state index contributed by atoms with van der Waals surface area (Å²) in [6.07, 6.45) is 3.12. The fourth-order valence-electron chi connectivity index (χ4n) is 2.74. The molecule has 5 heteroatoms. The van der Waals surface area contributed by atoms with Gasteiger partial charge in [-0.15, -0.1) is 0 Å². The van der Waals surface area contributed by atoms with E-state index in [0.717, 1.165) is 16.7 Å². The lowest BCUT2D eigenvalue weighted by Gasteiger charge is -2.26. The number of aryl methyl sites for hydroxylation is 3. The first-order valence-corrected chi connectivity index (χ1v) is 8.17. The Bertz CT molecular complexity index is 760. The van der Waals surface area contributed by atoms with E-state index in [1.165, 1.54) is 0 Å². The number of esters is 1. The van der Waals surface area contributed by atoms with Gasteiger partial charge in [0.05, 0.1) is 11.1 Å². The fourth-order valence-corrected chi connectivity index (χ4v) is 2.74. The Morgan fingerprint density at radius 3 is 2.20 bits per heavy atom.